The van der Waals surface area contributed by atoms with E-state index in [1.165, 1.54) is 24.1 Å². The molecule has 2 saturated heterocycles. The summed E-state index contributed by atoms with van der Waals surface area (Å²) in [5.41, 5.74) is 1.17. The molecule has 2 fully saturated rings. The first kappa shape index (κ1) is 21.6. The van der Waals surface area contributed by atoms with Gasteiger partial charge in [0.25, 0.3) is 0 Å². The molecule has 0 aromatic heterocycles. The third-order valence-corrected chi connectivity index (χ3v) is 4.64. The number of alkyl halides is 3. The van der Waals surface area contributed by atoms with Gasteiger partial charge < -0.3 is 14.6 Å². The van der Waals surface area contributed by atoms with Crippen molar-refractivity contribution in [3.63, 3.8) is 0 Å². The summed E-state index contributed by atoms with van der Waals surface area (Å²) in [4.78, 5) is 11.4. The van der Waals surface area contributed by atoms with Crippen molar-refractivity contribution in [2.24, 2.45) is 0 Å². The van der Waals surface area contributed by atoms with Gasteiger partial charge >= 0.3 is 12.1 Å². The molecule has 5 nitrogen and oxygen atoms in total. The Balaban J connectivity index is 0.000000321. The highest BCUT2D eigenvalue weighted by atomic mass is 19.4. The van der Waals surface area contributed by atoms with Crippen LogP contribution in [0.3, 0.4) is 0 Å². The Kier molecular flexibility index (Phi) is 7.58. The highest BCUT2D eigenvalue weighted by Crippen LogP contribution is 2.32. The summed E-state index contributed by atoms with van der Waals surface area (Å²) in [5.74, 6) is -2.93. The SMILES string of the molecule is COC[C@H]1CC[C@@H]2[C@@H](CCN2Cc2ccc(F)cc2)O1.O=C(O)C(F)(F)F. The highest BCUT2D eigenvalue weighted by molar-refractivity contribution is 5.73. The average Bonchev–Trinajstić information content (AvgIpc) is 2.99. The Morgan fingerprint density at radius 1 is 1.26 bits per heavy atom. The number of nitrogens with zero attached hydrogens (tertiary/aromatic N) is 1. The van der Waals surface area contributed by atoms with Crippen molar-refractivity contribution in [2.45, 2.75) is 50.2 Å². The van der Waals surface area contributed by atoms with Gasteiger partial charge in [0.1, 0.15) is 5.82 Å². The van der Waals surface area contributed by atoms with Gasteiger partial charge in [-0.3, -0.25) is 4.90 Å². The van der Waals surface area contributed by atoms with Crippen LogP contribution in [0.4, 0.5) is 17.6 Å². The van der Waals surface area contributed by atoms with Crippen molar-refractivity contribution in [1.29, 1.82) is 0 Å². The van der Waals surface area contributed by atoms with E-state index in [0.717, 1.165) is 25.9 Å². The number of hydrogen-bond acceptors (Lipinski definition) is 4. The highest BCUT2D eigenvalue weighted by Gasteiger charge is 2.39. The molecule has 1 N–H and O–H groups in total. The lowest BCUT2D eigenvalue weighted by atomic mass is 9.99. The van der Waals surface area contributed by atoms with Crippen LogP contribution in [0.15, 0.2) is 24.3 Å². The minimum Gasteiger partial charge on any atom is -0.475 e. The van der Waals surface area contributed by atoms with Gasteiger partial charge in [0.05, 0.1) is 18.8 Å². The molecule has 2 heterocycles. The Morgan fingerprint density at radius 3 is 2.44 bits per heavy atom. The summed E-state index contributed by atoms with van der Waals surface area (Å²) in [7, 11) is 1.73. The summed E-state index contributed by atoms with van der Waals surface area (Å²) in [6.45, 7) is 2.65. The van der Waals surface area contributed by atoms with Crippen LogP contribution < -0.4 is 0 Å². The zero-order chi connectivity index (χ0) is 20.0. The van der Waals surface area contributed by atoms with Gasteiger partial charge in [-0.05, 0) is 37.0 Å². The van der Waals surface area contributed by atoms with Crippen molar-refractivity contribution in [3.8, 4) is 0 Å². The number of ether oxygens (including phenoxy) is 2. The Labute approximate surface area is 154 Å². The largest absolute Gasteiger partial charge is 0.490 e. The van der Waals surface area contributed by atoms with Crippen LogP contribution in [-0.2, 0) is 20.8 Å². The number of benzene rings is 1. The number of carbonyl (C=O) groups is 1. The van der Waals surface area contributed by atoms with Crippen molar-refractivity contribution in [1.82, 2.24) is 4.90 Å². The Hall–Kier alpha value is -1.71. The summed E-state index contributed by atoms with van der Waals surface area (Å²) in [6, 6.07) is 7.33. The van der Waals surface area contributed by atoms with Crippen LogP contribution in [0.25, 0.3) is 0 Å². The molecule has 152 valence electrons. The molecule has 1 aromatic rings. The van der Waals surface area contributed by atoms with E-state index in [1.54, 1.807) is 7.11 Å². The first-order chi connectivity index (χ1) is 12.7. The van der Waals surface area contributed by atoms with Gasteiger partial charge in [0.2, 0.25) is 0 Å². The molecule has 0 aliphatic carbocycles. The van der Waals surface area contributed by atoms with E-state index in [0.29, 0.717) is 18.8 Å². The number of methoxy groups -OCH3 is 1. The van der Waals surface area contributed by atoms with E-state index in [9.17, 15) is 17.6 Å². The number of halogens is 4. The fourth-order valence-electron chi connectivity index (χ4n) is 3.41. The molecule has 1 aromatic carbocycles. The lowest BCUT2D eigenvalue weighted by molar-refractivity contribution is -0.192. The van der Waals surface area contributed by atoms with Gasteiger partial charge in [0, 0.05) is 26.2 Å². The molecule has 0 bridgehead atoms. The lowest BCUT2D eigenvalue weighted by Crippen LogP contribution is -2.43. The number of fused-ring (bicyclic) bond motifs is 1. The fourth-order valence-corrected chi connectivity index (χ4v) is 3.41. The Morgan fingerprint density at radius 2 is 1.89 bits per heavy atom. The monoisotopic (exact) mass is 393 g/mol. The zero-order valence-electron chi connectivity index (χ0n) is 14.9. The topological polar surface area (TPSA) is 59.0 Å². The van der Waals surface area contributed by atoms with Gasteiger partial charge in [-0.15, -0.1) is 0 Å². The first-order valence-corrected chi connectivity index (χ1v) is 8.63. The second-order valence-electron chi connectivity index (χ2n) is 6.59. The van der Waals surface area contributed by atoms with Crippen LogP contribution in [0.1, 0.15) is 24.8 Å². The third-order valence-electron chi connectivity index (χ3n) is 4.64. The maximum Gasteiger partial charge on any atom is 0.490 e. The predicted octanol–water partition coefficient (Wildman–Crippen LogP) is 3.23. The van der Waals surface area contributed by atoms with E-state index in [2.05, 4.69) is 4.90 Å². The summed E-state index contributed by atoms with van der Waals surface area (Å²) in [6.07, 6.45) is -1.17. The maximum absolute atomic E-state index is 12.9. The Bertz CT molecular complexity index is 608. The molecule has 0 unspecified atom stereocenters. The molecule has 3 rings (SSSR count). The van der Waals surface area contributed by atoms with Crippen LogP contribution in [0, 0.1) is 5.82 Å². The second-order valence-corrected chi connectivity index (χ2v) is 6.59. The quantitative estimate of drug-likeness (QED) is 0.796. The molecule has 2 aliphatic heterocycles. The summed E-state index contributed by atoms with van der Waals surface area (Å²) < 4.78 is 56.0. The molecule has 9 heteroatoms. The molecule has 2 aliphatic rings. The van der Waals surface area contributed by atoms with E-state index in [1.807, 2.05) is 12.1 Å². The lowest BCUT2D eigenvalue weighted by Gasteiger charge is -2.35. The zero-order valence-corrected chi connectivity index (χ0v) is 14.9. The molecular formula is C18H23F4NO4. The van der Waals surface area contributed by atoms with Gasteiger partial charge in [-0.25, -0.2) is 9.18 Å². The smallest absolute Gasteiger partial charge is 0.475 e. The molecule has 0 saturated carbocycles. The van der Waals surface area contributed by atoms with Crippen LogP contribution in [0.2, 0.25) is 0 Å². The standard InChI is InChI=1S/C16H22FNO2.C2HF3O2/c1-19-11-14-6-7-15-16(20-14)8-9-18(15)10-12-2-4-13(17)5-3-12;3-2(4,5)1(6)7/h2-5,14-16H,6-11H2,1H3;(H,6,7)/t14-,15-,16-;/m1./s1. The van der Waals surface area contributed by atoms with Crippen LogP contribution in [0.5, 0.6) is 0 Å². The number of aliphatic carboxylic acids is 1. The van der Waals surface area contributed by atoms with Gasteiger partial charge in [0.15, 0.2) is 0 Å². The minimum absolute atomic E-state index is 0.170. The average molecular weight is 393 g/mol. The molecular weight excluding hydrogens is 370 g/mol. The van der Waals surface area contributed by atoms with E-state index < -0.39 is 12.1 Å². The fraction of sp³-hybridized carbons (Fsp3) is 0.611. The van der Waals surface area contributed by atoms with Crippen LogP contribution in [-0.4, -0.2) is 60.7 Å². The molecule has 0 amide bonds. The first-order valence-electron chi connectivity index (χ1n) is 8.63. The molecule has 27 heavy (non-hydrogen) atoms. The van der Waals surface area contributed by atoms with Gasteiger partial charge in [-0.1, -0.05) is 12.1 Å². The normalized spacial score (nSPS) is 25.4. The van der Waals surface area contributed by atoms with Gasteiger partial charge in [-0.2, -0.15) is 13.2 Å². The molecule has 0 spiro atoms. The van der Waals surface area contributed by atoms with Crippen molar-refractivity contribution in [3.05, 3.63) is 35.6 Å². The minimum atomic E-state index is -5.08. The number of carboxylic acids is 1. The second kappa shape index (κ2) is 9.48. The van der Waals surface area contributed by atoms with Crippen molar-refractivity contribution < 1.29 is 36.9 Å². The molecule has 3 atom stereocenters. The number of likely N-dealkylation sites (tertiary alicyclic amines) is 1. The van der Waals surface area contributed by atoms with Crippen LogP contribution >= 0.6 is 0 Å². The van der Waals surface area contributed by atoms with E-state index in [-0.39, 0.29) is 11.9 Å². The number of carboxylic acid groups (broad SMARTS) is 1. The van der Waals surface area contributed by atoms with E-state index in [4.69, 9.17) is 19.4 Å². The summed E-state index contributed by atoms with van der Waals surface area (Å²) in [5, 5.41) is 7.12. The predicted molar refractivity (Wildman–Crippen MR) is 88.7 cm³/mol. The summed E-state index contributed by atoms with van der Waals surface area (Å²) >= 11 is 0. The molecule has 0 radical (unpaired) electrons. The number of hydrogen-bond donors (Lipinski definition) is 1. The van der Waals surface area contributed by atoms with Crippen molar-refractivity contribution >= 4 is 5.97 Å². The number of rotatable bonds is 4. The maximum atomic E-state index is 12.9. The third kappa shape index (κ3) is 6.44. The van der Waals surface area contributed by atoms with E-state index >= 15 is 0 Å². The van der Waals surface area contributed by atoms with Crippen molar-refractivity contribution in [2.75, 3.05) is 20.3 Å².